The van der Waals surface area contributed by atoms with Gasteiger partial charge in [0.1, 0.15) is 0 Å². The van der Waals surface area contributed by atoms with Gasteiger partial charge in [-0.2, -0.15) is 0 Å². The number of nitrogens with two attached hydrogens (primary N) is 1. The molecule has 4 N–H and O–H groups in total. The van der Waals surface area contributed by atoms with Gasteiger partial charge in [-0.3, -0.25) is 14.5 Å². The first kappa shape index (κ1) is 21.9. The van der Waals surface area contributed by atoms with Crippen LogP contribution in [0.25, 0.3) is 0 Å². The van der Waals surface area contributed by atoms with Gasteiger partial charge in [0.2, 0.25) is 21.8 Å². The van der Waals surface area contributed by atoms with Gasteiger partial charge in [0.25, 0.3) is 0 Å². The smallest absolute Gasteiger partial charge is 0.241 e. The minimum atomic E-state index is -3.78. The van der Waals surface area contributed by atoms with Gasteiger partial charge in [0.05, 0.1) is 16.9 Å². The van der Waals surface area contributed by atoms with Gasteiger partial charge >= 0.3 is 0 Å². The molecule has 2 aromatic rings. The molecule has 1 aliphatic rings. The number of benzene rings is 2. The Bertz CT molecular complexity index is 993. The summed E-state index contributed by atoms with van der Waals surface area (Å²) in [5, 5.41) is 10.8. The molecule has 1 aliphatic heterocycles. The van der Waals surface area contributed by atoms with Crippen LogP contribution in [0, 0.1) is 5.92 Å². The fraction of sp³-hybridized carbons (Fsp3) is 0.333. The van der Waals surface area contributed by atoms with Crippen LogP contribution in [-0.4, -0.2) is 44.3 Å². The summed E-state index contributed by atoms with van der Waals surface area (Å²) in [6.07, 6.45) is 1.60. The fourth-order valence-corrected chi connectivity index (χ4v) is 3.99. The van der Waals surface area contributed by atoms with Crippen LogP contribution in [0.15, 0.2) is 59.5 Å². The Morgan fingerprint density at radius 2 is 1.67 bits per heavy atom. The Morgan fingerprint density at radius 3 is 2.30 bits per heavy atom. The van der Waals surface area contributed by atoms with Gasteiger partial charge in [0.15, 0.2) is 0 Å². The van der Waals surface area contributed by atoms with Crippen LogP contribution in [0.5, 0.6) is 0 Å². The number of para-hydroxylation sites is 1. The van der Waals surface area contributed by atoms with Gasteiger partial charge < -0.3 is 10.6 Å². The van der Waals surface area contributed by atoms with E-state index in [2.05, 4.69) is 10.6 Å². The van der Waals surface area contributed by atoms with E-state index in [0.717, 1.165) is 25.1 Å². The second-order valence-corrected chi connectivity index (χ2v) is 8.99. The summed E-state index contributed by atoms with van der Waals surface area (Å²) < 4.78 is 22.7. The topological polar surface area (TPSA) is 122 Å². The lowest BCUT2D eigenvalue weighted by Crippen LogP contribution is -2.49. The maximum absolute atomic E-state index is 12.7. The molecule has 8 nitrogen and oxygen atoms in total. The van der Waals surface area contributed by atoms with Crippen molar-refractivity contribution in [3.63, 3.8) is 0 Å². The number of rotatable bonds is 6. The third-order valence-corrected chi connectivity index (χ3v) is 6.17. The van der Waals surface area contributed by atoms with E-state index in [4.69, 9.17) is 5.14 Å². The molecular formula is C21H26N4O4S. The SMILES string of the molecule is CC(C(=O)Nc1ccc(S(N)(=O)=O)cc1)N1CCCC(C(=O)Nc2ccccc2)C1. The number of nitrogens with zero attached hydrogens (tertiary/aromatic N) is 1. The zero-order valence-corrected chi connectivity index (χ0v) is 17.6. The molecule has 1 heterocycles. The van der Waals surface area contributed by atoms with Gasteiger partial charge in [-0.05, 0) is 62.7 Å². The Morgan fingerprint density at radius 1 is 1.03 bits per heavy atom. The third-order valence-electron chi connectivity index (χ3n) is 5.24. The number of hydrogen-bond acceptors (Lipinski definition) is 5. The number of carbonyl (C=O) groups excluding carboxylic acids is 2. The van der Waals surface area contributed by atoms with Crippen LogP contribution in [0.1, 0.15) is 19.8 Å². The lowest BCUT2D eigenvalue weighted by Gasteiger charge is -2.35. The standard InChI is InChI=1S/C21H26N4O4S/c1-15(20(26)23-18-9-11-19(12-10-18)30(22,28)29)25-13-5-6-16(14-25)21(27)24-17-7-3-2-4-8-17/h2-4,7-12,15-16H,5-6,13-14H2,1H3,(H,23,26)(H,24,27)(H2,22,28,29). The molecule has 0 aliphatic carbocycles. The molecule has 2 unspecified atom stereocenters. The normalized spacial score (nSPS) is 18.4. The predicted molar refractivity (Wildman–Crippen MR) is 115 cm³/mol. The summed E-state index contributed by atoms with van der Waals surface area (Å²) in [5.41, 5.74) is 1.24. The molecule has 0 spiro atoms. The number of amides is 2. The number of likely N-dealkylation sites (tertiary alicyclic amines) is 1. The molecule has 30 heavy (non-hydrogen) atoms. The molecule has 160 valence electrons. The quantitative estimate of drug-likeness (QED) is 0.647. The van der Waals surface area contributed by atoms with Gasteiger partial charge in [0, 0.05) is 17.9 Å². The molecule has 0 saturated carbocycles. The maximum atomic E-state index is 12.7. The molecule has 1 fully saturated rings. The van der Waals surface area contributed by atoms with Crippen LogP contribution >= 0.6 is 0 Å². The number of carbonyl (C=O) groups is 2. The van der Waals surface area contributed by atoms with Crippen LogP contribution in [0.2, 0.25) is 0 Å². The first-order chi connectivity index (χ1) is 14.2. The van der Waals surface area contributed by atoms with Crippen molar-refractivity contribution in [3.8, 4) is 0 Å². The summed E-state index contributed by atoms with van der Waals surface area (Å²) in [7, 11) is -3.78. The first-order valence-electron chi connectivity index (χ1n) is 9.78. The van der Waals surface area contributed by atoms with Gasteiger partial charge in [-0.1, -0.05) is 18.2 Å². The highest BCUT2D eigenvalue weighted by molar-refractivity contribution is 7.89. The van der Waals surface area contributed by atoms with E-state index in [1.807, 2.05) is 35.2 Å². The van der Waals surface area contributed by atoms with Crippen LogP contribution in [0.3, 0.4) is 0 Å². The van der Waals surface area contributed by atoms with Crippen molar-refractivity contribution < 1.29 is 18.0 Å². The average Bonchev–Trinajstić information content (AvgIpc) is 2.73. The monoisotopic (exact) mass is 430 g/mol. The molecule has 3 rings (SSSR count). The van der Waals surface area contributed by atoms with Gasteiger partial charge in [-0.15, -0.1) is 0 Å². The van der Waals surface area contributed by atoms with Crippen LogP contribution in [0.4, 0.5) is 11.4 Å². The summed E-state index contributed by atoms with van der Waals surface area (Å²) in [6.45, 7) is 3.02. The molecule has 2 aromatic carbocycles. The van der Waals surface area contributed by atoms with Crippen molar-refractivity contribution >= 4 is 33.2 Å². The highest BCUT2D eigenvalue weighted by atomic mass is 32.2. The summed E-state index contributed by atoms with van der Waals surface area (Å²) in [4.78, 5) is 27.3. The number of piperidine rings is 1. The maximum Gasteiger partial charge on any atom is 0.241 e. The Balaban J connectivity index is 1.58. The third kappa shape index (κ3) is 5.65. The summed E-state index contributed by atoms with van der Waals surface area (Å²) >= 11 is 0. The first-order valence-corrected chi connectivity index (χ1v) is 11.3. The predicted octanol–water partition coefficient (Wildman–Crippen LogP) is 2.01. The number of hydrogen-bond donors (Lipinski definition) is 3. The minimum Gasteiger partial charge on any atom is -0.326 e. The zero-order valence-electron chi connectivity index (χ0n) is 16.7. The summed E-state index contributed by atoms with van der Waals surface area (Å²) in [5.74, 6) is -0.456. The number of anilines is 2. The van der Waals surface area contributed by atoms with E-state index in [-0.39, 0.29) is 22.6 Å². The fourth-order valence-electron chi connectivity index (χ4n) is 3.48. The molecule has 0 bridgehead atoms. The van der Waals surface area contributed by atoms with E-state index >= 15 is 0 Å². The lowest BCUT2D eigenvalue weighted by molar-refractivity contribution is -0.125. The molecule has 0 radical (unpaired) electrons. The van der Waals surface area contributed by atoms with E-state index in [0.29, 0.717) is 12.2 Å². The van der Waals surface area contributed by atoms with Crippen molar-refractivity contribution in [1.29, 1.82) is 0 Å². The van der Waals surface area contributed by atoms with E-state index in [1.54, 1.807) is 6.92 Å². The van der Waals surface area contributed by atoms with E-state index < -0.39 is 16.1 Å². The lowest BCUT2D eigenvalue weighted by atomic mass is 9.95. The molecule has 1 saturated heterocycles. The van der Waals surface area contributed by atoms with E-state index in [1.165, 1.54) is 24.3 Å². The number of sulfonamides is 1. The Kier molecular flexibility index (Phi) is 6.86. The highest BCUT2D eigenvalue weighted by Gasteiger charge is 2.31. The van der Waals surface area contributed by atoms with Gasteiger partial charge in [-0.25, -0.2) is 13.6 Å². The minimum absolute atomic E-state index is 0.0168. The average molecular weight is 431 g/mol. The van der Waals surface area contributed by atoms with Crippen LogP contribution in [-0.2, 0) is 19.6 Å². The van der Waals surface area contributed by atoms with Crippen molar-refractivity contribution in [2.24, 2.45) is 11.1 Å². The molecule has 0 aromatic heterocycles. The zero-order chi connectivity index (χ0) is 21.7. The largest absolute Gasteiger partial charge is 0.326 e. The molecule has 2 atom stereocenters. The highest BCUT2D eigenvalue weighted by Crippen LogP contribution is 2.21. The van der Waals surface area contributed by atoms with Crippen molar-refractivity contribution in [3.05, 3.63) is 54.6 Å². The summed E-state index contributed by atoms with van der Waals surface area (Å²) in [6, 6.07) is 14.6. The second-order valence-electron chi connectivity index (χ2n) is 7.42. The van der Waals surface area contributed by atoms with E-state index in [9.17, 15) is 18.0 Å². The number of nitrogens with one attached hydrogen (secondary N) is 2. The molecular weight excluding hydrogens is 404 g/mol. The number of primary sulfonamides is 1. The van der Waals surface area contributed by atoms with Crippen molar-refractivity contribution in [1.82, 2.24) is 4.90 Å². The van der Waals surface area contributed by atoms with Crippen molar-refractivity contribution in [2.45, 2.75) is 30.7 Å². The molecule has 2 amide bonds. The Hall–Kier alpha value is -2.75. The van der Waals surface area contributed by atoms with Crippen molar-refractivity contribution in [2.75, 3.05) is 23.7 Å². The Labute approximate surface area is 176 Å². The second kappa shape index (κ2) is 9.38. The van der Waals surface area contributed by atoms with Crippen LogP contribution < -0.4 is 15.8 Å². The molecule has 9 heteroatoms.